The number of Topliss-reactive ketones (excluding diaryl/α,β-unsaturated/α-hetero) is 1. The van der Waals surface area contributed by atoms with E-state index in [1.54, 1.807) is 0 Å². The highest BCUT2D eigenvalue weighted by Gasteiger charge is 2.45. The molecular weight excluding hydrogens is 226 g/mol. The topological polar surface area (TPSA) is 60.2 Å². The largest absolute Gasteiger partial charge is 0.369 e. The lowest BCUT2D eigenvalue weighted by molar-refractivity contribution is -0.131. The van der Waals surface area contributed by atoms with E-state index in [9.17, 15) is 9.59 Å². The van der Waals surface area contributed by atoms with Gasteiger partial charge in [0.15, 0.2) is 0 Å². The fourth-order valence-corrected chi connectivity index (χ4v) is 2.65. The quantitative estimate of drug-likeness (QED) is 0.722. The van der Waals surface area contributed by atoms with E-state index in [0.717, 1.165) is 12.8 Å². The molecule has 1 aliphatic rings. The summed E-state index contributed by atoms with van der Waals surface area (Å²) in [5.74, 6) is 0.571. The van der Waals surface area contributed by atoms with E-state index in [1.807, 2.05) is 13.8 Å². The second-order valence-electron chi connectivity index (χ2n) is 6.61. The number of hydrogen-bond donors (Lipinski definition) is 1. The molecule has 18 heavy (non-hydrogen) atoms. The van der Waals surface area contributed by atoms with Gasteiger partial charge in [-0.2, -0.15) is 0 Å². The zero-order chi connectivity index (χ0) is 14.0. The van der Waals surface area contributed by atoms with E-state index in [2.05, 4.69) is 13.8 Å². The Hall–Kier alpha value is -0.860. The molecule has 0 saturated heterocycles. The average Bonchev–Trinajstić information content (AvgIpc) is 3.09. The number of ketones is 1. The lowest BCUT2D eigenvalue weighted by Crippen LogP contribution is -2.35. The monoisotopic (exact) mass is 253 g/mol. The number of carbonyl (C=O) groups excluding carboxylic acids is 2. The van der Waals surface area contributed by atoms with E-state index < -0.39 is 5.41 Å². The van der Waals surface area contributed by atoms with Gasteiger partial charge in [0.25, 0.3) is 0 Å². The van der Waals surface area contributed by atoms with Crippen molar-refractivity contribution in [3.63, 3.8) is 0 Å². The molecule has 2 N–H and O–H groups in total. The number of amides is 1. The molecule has 0 spiro atoms. The zero-order valence-electron chi connectivity index (χ0n) is 12.2. The fraction of sp³-hybridized carbons (Fsp3) is 0.867. The minimum atomic E-state index is -0.577. The van der Waals surface area contributed by atoms with Crippen LogP contribution >= 0.6 is 0 Å². The molecule has 0 heterocycles. The van der Waals surface area contributed by atoms with Gasteiger partial charge in [0, 0.05) is 17.3 Å². The van der Waals surface area contributed by atoms with Crippen molar-refractivity contribution >= 4 is 11.7 Å². The van der Waals surface area contributed by atoms with Crippen LogP contribution in [0.4, 0.5) is 0 Å². The summed E-state index contributed by atoms with van der Waals surface area (Å²) in [5.41, 5.74) is 4.60. The highest BCUT2D eigenvalue weighted by atomic mass is 16.1. The highest BCUT2D eigenvalue weighted by Crippen LogP contribution is 2.49. The molecule has 1 unspecified atom stereocenters. The van der Waals surface area contributed by atoms with Crippen molar-refractivity contribution in [3.05, 3.63) is 0 Å². The molecule has 0 aromatic carbocycles. The normalized spacial score (nSPS) is 19.3. The molecule has 1 amide bonds. The van der Waals surface area contributed by atoms with Gasteiger partial charge in [-0.15, -0.1) is 0 Å². The molecule has 3 nitrogen and oxygen atoms in total. The van der Waals surface area contributed by atoms with Crippen LogP contribution in [0.5, 0.6) is 0 Å². The Balaban J connectivity index is 2.60. The van der Waals surface area contributed by atoms with Crippen molar-refractivity contribution in [2.45, 2.75) is 66.2 Å². The van der Waals surface area contributed by atoms with Gasteiger partial charge in [0.05, 0.1) is 0 Å². The highest BCUT2D eigenvalue weighted by molar-refractivity contribution is 5.86. The van der Waals surface area contributed by atoms with Crippen molar-refractivity contribution in [2.24, 2.45) is 22.5 Å². The molecular formula is C15H27NO2. The maximum atomic E-state index is 12.5. The van der Waals surface area contributed by atoms with Crippen LogP contribution in [0.15, 0.2) is 0 Å². The molecule has 1 aliphatic carbocycles. The van der Waals surface area contributed by atoms with Crippen molar-refractivity contribution in [1.82, 2.24) is 0 Å². The van der Waals surface area contributed by atoms with Gasteiger partial charge in [-0.1, -0.05) is 34.1 Å². The maximum Gasteiger partial charge on any atom is 0.223 e. The van der Waals surface area contributed by atoms with Crippen LogP contribution in [0.3, 0.4) is 0 Å². The summed E-state index contributed by atoms with van der Waals surface area (Å²) in [6.07, 6.45) is 5.41. The van der Waals surface area contributed by atoms with Crippen molar-refractivity contribution in [2.75, 3.05) is 0 Å². The minimum Gasteiger partial charge on any atom is -0.369 e. The zero-order valence-corrected chi connectivity index (χ0v) is 12.2. The maximum absolute atomic E-state index is 12.5. The van der Waals surface area contributed by atoms with E-state index in [-0.39, 0.29) is 11.3 Å². The molecule has 0 bridgehead atoms. The summed E-state index contributed by atoms with van der Waals surface area (Å²) in [6.45, 7) is 7.86. The first kappa shape index (κ1) is 15.2. The molecule has 104 valence electrons. The first-order valence-electron chi connectivity index (χ1n) is 7.07. The smallest absolute Gasteiger partial charge is 0.223 e. The van der Waals surface area contributed by atoms with Crippen molar-refractivity contribution in [1.29, 1.82) is 0 Å². The second-order valence-corrected chi connectivity index (χ2v) is 6.61. The first-order valence-corrected chi connectivity index (χ1v) is 7.07. The molecule has 0 aliphatic heterocycles. The number of rotatable bonds is 8. The summed E-state index contributed by atoms with van der Waals surface area (Å²) in [4.78, 5) is 23.7. The van der Waals surface area contributed by atoms with E-state index in [4.69, 9.17) is 5.73 Å². The lowest BCUT2D eigenvalue weighted by atomic mass is 9.73. The Morgan fingerprint density at radius 3 is 2.11 bits per heavy atom. The molecule has 0 aromatic heterocycles. The Labute approximate surface area is 111 Å². The first-order chi connectivity index (χ1) is 8.24. The minimum absolute atomic E-state index is 0.164. The summed E-state index contributed by atoms with van der Waals surface area (Å²) < 4.78 is 0. The molecule has 1 fully saturated rings. The van der Waals surface area contributed by atoms with Gasteiger partial charge in [-0.3, -0.25) is 9.59 Å². The molecule has 1 rings (SSSR count). The third kappa shape index (κ3) is 3.33. The molecule has 1 saturated carbocycles. The molecule has 3 heteroatoms. The van der Waals surface area contributed by atoms with Crippen molar-refractivity contribution in [3.8, 4) is 0 Å². The molecule has 0 aromatic rings. The molecule has 0 radical (unpaired) electrons. The van der Waals surface area contributed by atoms with Gasteiger partial charge >= 0.3 is 0 Å². The summed E-state index contributed by atoms with van der Waals surface area (Å²) >= 11 is 0. The third-order valence-electron chi connectivity index (χ3n) is 4.53. The van der Waals surface area contributed by atoms with Gasteiger partial charge in [-0.25, -0.2) is 0 Å². The Bertz CT molecular complexity index is 331. The summed E-state index contributed by atoms with van der Waals surface area (Å²) in [7, 11) is 0. The van der Waals surface area contributed by atoms with Crippen LogP contribution < -0.4 is 5.73 Å². The van der Waals surface area contributed by atoms with Gasteiger partial charge in [-0.05, 0) is 31.6 Å². The average molecular weight is 253 g/mol. The SMILES string of the molecule is CCCC(C)(C(=O)CCC(C)(C)C(N)=O)C1CC1. The fourth-order valence-electron chi connectivity index (χ4n) is 2.65. The van der Waals surface area contributed by atoms with Crippen LogP contribution in [0.1, 0.15) is 66.2 Å². The lowest BCUT2D eigenvalue weighted by Gasteiger charge is -2.29. The summed E-state index contributed by atoms with van der Waals surface area (Å²) in [6, 6.07) is 0. The second kappa shape index (κ2) is 5.41. The Kier molecular flexibility index (Phi) is 4.57. The number of hydrogen-bond acceptors (Lipinski definition) is 2. The van der Waals surface area contributed by atoms with Gasteiger partial charge in [0.1, 0.15) is 5.78 Å². The predicted molar refractivity (Wildman–Crippen MR) is 73.0 cm³/mol. The van der Waals surface area contributed by atoms with E-state index in [1.165, 1.54) is 12.8 Å². The number of primary amides is 1. The van der Waals surface area contributed by atoms with Crippen LogP contribution in [0, 0.1) is 16.7 Å². The standard InChI is InChI=1S/C15H27NO2/c1-5-9-15(4,11-6-7-11)12(17)8-10-14(2,3)13(16)18/h11H,5-10H2,1-4H3,(H2,16,18). The van der Waals surface area contributed by atoms with Crippen LogP contribution in [0.2, 0.25) is 0 Å². The summed E-state index contributed by atoms with van der Waals surface area (Å²) in [5, 5.41) is 0. The van der Waals surface area contributed by atoms with Crippen LogP contribution in [-0.2, 0) is 9.59 Å². The van der Waals surface area contributed by atoms with E-state index >= 15 is 0 Å². The number of nitrogens with two attached hydrogens (primary N) is 1. The van der Waals surface area contributed by atoms with Gasteiger partial charge in [0.2, 0.25) is 5.91 Å². The predicted octanol–water partition coefficient (Wildman–Crippen LogP) is 3.06. The van der Waals surface area contributed by atoms with E-state index in [0.29, 0.717) is 24.5 Å². The number of carbonyl (C=O) groups is 2. The van der Waals surface area contributed by atoms with Gasteiger partial charge < -0.3 is 5.73 Å². The Morgan fingerprint density at radius 1 is 1.17 bits per heavy atom. The third-order valence-corrected chi connectivity index (χ3v) is 4.53. The van der Waals surface area contributed by atoms with Crippen LogP contribution in [-0.4, -0.2) is 11.7 Å². The molecule has 1 atom stereocenters. The van der Waals surface area contributed by atoms with Crippen molar-refractivity contribution < 1.29 is 9.59 Å². The van der Waals surface area contributed by atoms with Crippen LogP contribution in [0.25, 0.3) is 0 Å². The Morgan fingerprint density at radius 2 is 1.72 bits per heavy atom.